The summed E-state index contributed by atoms with van der Waals surface area (Å²) in [5.74, 6) is 1.06. The van der Waals surface area contributed by atoms with Crippen LogP contribution in [-0.4, -0.2) is 12.9 Å². The first-order valence-electron chi connectivity index (χ1n) is 11.5. The molecule has 0 aliphatic carbocycles. The van der Waals surface area contributed by atoms with Crippen LogP contribution in [0.15, 0.2) is 115 Å². The van der Waals surface area contributed by atoms with E-state index >= 15 is 0 Å². The Morgan fingerprint density at radius 3 is 1.58 bits per heavy atom. The van der Waals surface area contributed by atoms with Gasteiger partial charge < -0.3 is 4.74 Å². The van der Waals surface area contributed by atoms with Gasteiger partial charge in [-0.2, -0.15) is 0 Å². The zero-order valence-electron chi connectivity index (χ0n) is 19.1. The lowest BCUT2D eigenvalue weighted by molar-refractivity contribution is -0.123. The molecular formula is C31H30O2. The highest BCUT2D eigenvalue weighted by Crippen LogP contribution is 2.31. The summed E-state index contributed by atoms with van der Waals surface area (Å²) in [6.45, 7) is 0. The summed E-state index contributed by atoms with van der Waals surface area (Å²) >= 11 is 0. The fourth-order valence-electron chi connectivity index (χ4n) is 4.41. The number of hydrogen-bond acceptors (Lipinski definition) is 2. The Morgan fingerprint density at radius 1 is 0.636 bits per heavy atom. The van der Waals surface area contributed by atoms with Gasteiger partial charge >= 0.3 is 0 Å². The minimum Gasteiger partial charge on any atom is -0.497 e. The third-order valence-corrected chi connectivity index (χ3v) is 6.23. The van der Waals surface area contributed by atoms with Crippen molar-refractivity contribution in [3.8, 4) is 5.75 Å². The van der Waals surface area contributed by atoms with Crippen LogP contribution in [-0.2, 0) is 17.6 Å². The molecule has 0 aromatic heterocycles. The van der Waals surface area contributed by atoms with Gasteiger partial charge in [-0.3, -0.25) is 4.79 Å². The van der Waals surface area contributed by atoms with Crippen LogP contribution in [0.25, 0.3) is 0 Å². The van der Waals surface area contributed by atoms with Crippen molar-refractivity contribution in [2.45, 2.75) is 25.2 Å². The Kier molecular flexibility index (Phi) is 7.71. The van der Waals surface area contributed by atoms with E-state index in [-0.39, 0.29) is 11.8 Å². The zero-order valence-corrected chi connectivity index (χ0v) is 19.1. The number of carbonyl (C=O) groups is 1. The topological polar surface area (TPSA) is 26.3 Å². The van der Waals surface area contributed by atoms with E-state index in [2.05, 4.69) is 48.5 Å². The normalized spacial score (nSPS) is 11.8. The van der Waals surface area contributed by atoms with E-state index in [0.29, 0.717) is 12.2 Å². The van der Waals surface area contributed by atoms with E-state index < -0.39 is 0 Å². The highest BCUT2D eigenvalue weighted by molar-refractivity contribution is 5.83. The fraction of sp³-hybridized carbons (Fsp3) is 0.194. The molecule has 0 amide bonds. The minimum atomic E-state index is -0.0701. The molecule has 0 saturated heterocycles. The van der Waals surface area contributed by atoms with Crippen molar-refractivity contribution >= 4 is 5.78 Å². The molecule has 1 unspecified atom stereocenters. The van der Waals surface area contributed by atoms with Crippen molar-refractivity contribution in [3.63, 3.8) is 0 Å². The van der Waals surface area contributed by atoms with Crippen LogP contribution in [0.5, 0.6) is 5.75 Å². The summed E-state index contributed by atoms with van der Waals surface area (Å²) in [4.78, 5) is 13.8. The maximum absolute atomic E-state index is 13.8. The average Bonchev–Trinajstić information content (AvgIpc) is 2.88. The Hall–Kier alpha value is -3.65. The Bertz CT molecular complexity index is 1080. The maximum atomic E-state index is 13.8. The minimum absolute atomic E-state index is 0.0126. The summed E-state index contributed by atoms with van der Waals surface area (Å²) in [6.07, 6.45) is 1.97. The van der Waals surface area contributed by atoms with E-state index in [1.807, 2.05) is 66.7 Å². The molecule has 1 atom stereocenters. The first-order chi connectivity index (χ1) is 16.2. The van der Waals surface area contributed by atoms with Gasteiger partial charge in [-0.05, 0) is 47.2 Å². The quantitative estimate of drug-likeness (QED) is 0.272. The SMILES string of the molecule is COc1ccc(C(CC(=O)C(Cc2ccccc2)Cc2ccccc2)c2ccccc2)cc1. The Labute approximate surface area is 196 Å². The number of hydrogen-bond donors (Lipinski definition) is 0. The number of rotatable bonds is 10. The molecule has 0 aliphatic heterocycles. The average molecular weight is 435 g/mol. The molecule has 0 fully saturated rings. The van der Waals surface area contributed by atoms with Crippen LogP contribution < -0.4 is 4.74 Å². The summed E-state index contributed by atoms with van der Waals surface area (Å²) in [5, 5.41) is 0. The first-order valence-corrected chi connectivity index (χ1v) is 11.5. The monoisotopic (exact) mass is 434 g/mol. The van der Waals surface area contributed by atoms with Gasteiger partial charge in [0.1, 0.15) is 11.5 Å². The second-order valence-corrected chi connectivity index (χ2v) is 8.48. The summed E-state index contributed by atoms with van der Waals surface area (Å²) in [7, 11) is 1.67. The van der Waals surface area contributed by atoms with Gasteiger partial charge in [-0.1, -0.05) is 103 Å². The van der Waals surface area contributed by atoms with Crippen LogP contribution in [0.2, 0.25) is 0 Å². The van der Waals surface area contributed by atoms with Gasteiger partial charge in [0.2, 0.25) is 0 Å². The van der Waals surface area contributed by atoms with Gasteiger partial charge in [-0.15, -0.1) is 0 Å². The maximum Gasteiger partial charge on any atom is 0.137 e. The van der Waals surface area contributed by atoms with Gasteiger partial charge in [0.05, 0.1) is 7.11 Å². The number of methoxy groups -OCH3 is 1. The largest absolute Gasteiger partial charge is 0.497 e. The lowest BCUT2D eigenvalue weighted by Gasteiger charge is -2.22. The van der Waals surface area contributed by atoms with Crippen molar-refractivity contribution in [1.29, 1.82) is 0 Å². The highest BCUT2D eigenvalue weighted by atomic mass is 16.5. The molecule has 2 nitrogen and oxygen atoms in total. The molecule has 166 valence electrons. The smallest absolute Gasteiger partial charge is 0.137 e. The van der Waals surface area contributed by atoms with Crippen molar-refractivity contribution in [2.24, 2.45) is 5.92 Å². The van der Waals surface area contributed by atoms with Crippen LogP contribution in [0.3, 0.4) is 0 Å². The third kappa shape index (κ3) is 6.20. The van der Waals surface area contributed by atoms with E-state index in [1.54, 1.807) is 7.11 Å². The van der Waals surface area contributed by atoms with Crippen LogP contribution in [0.1, 0.15) is 34.6 Å². The Morgan fingerprint density at radius 2 is 1.09 bits per heavy atom. The highest BCUT2D eigenvalue weighted by Gasteiger charge is 2.25. The van der Waals surface area contributed by atoms with Gasteiger partial charge in [0, 0.05) is 18.3 Å². The van der Waals surface area contributed by atoms with Crippen molar-refractivity contribution in [2.75, 3.05) is 7.11 Å². The molecule has 33 heavy (non-hydrogen) atoms. The van der Waals surface area contributed by atoms with Gasteiger partial charge in [0.25, 0.3) is 0 Å². The van der Waals surface area contributed by atoms with E-state index in [0.717, 1.165) is 29.7 Å². The van der Waals surface area contributed by atoms with Crippen molar-refractivity contribution in [1.82, 2.24) is 0 Å². The molecule has 0 N–H and O–H groups in total. The first kappa shape index (κ1) is 22.5. The van der Waals surface area contributed by atoms with Crippen LogP contribution in [0, 0.1) is 5.92 Å². The van der Waals surface area contributed by atoms with Crippen LogP contribution in [0.4, 0.5) is 0 Å². The number of carbonyl (C=O) groups excluding carboxylic acids is 1. The molecule has 2 heteroatoms. The number of ketones is 1. The summed E-state index contributed by atoms with van der Waals surface area (Å²) in [6, 6.07) is 39.1. The van der Waals surface area contributed by atoms with Crippen molar-refractivity contribution in [3.05, 3.63) is 138 Å². The molecule has 0 saturated carbocycles. The summed E-state index contributed by atoms with van der Waals surface area (Å²) < 4.78 is 5.34. The molecule has 0 heterocycles. The molecule has 4 aromatic carbocycles. The molecule has 0 bridgehead atoms. The van der Waals surface area contributed by atoms with Gasteiger partial charge in [0.15, 0.2) is 0 Å². The van der Waals surface area contributed by atoms with E-state index in [4.69, 9.17) is 4.74 Å². The number of benzene rings is 4. The second-order valence-electron chi connectivity index (χ2n) is 8.48. The zero-order chi connectivity index (χ0) is 22.9. The lowest BCUT2D eigenvalue weighted by atomic mass is 9.81. The molecule has 4 aromatic rings. The lowest BCUT2D eigenvalue weighted by Crippen LogP contribution is -2.22. The molecule has 4 rings (SSSR count). The Balaban J connectivity index is 1.62. The van der Waals surface area contributed by atoms with Gasteiger partial charge in [-0.25, -0.2) is 0 Å². The molecular weight excluding hydrogens is 404 g/mol. The molecule has 0 aliphatic rings. The molecule has 0 radical (unpaired) electrons. The number of Topliss-reactive ketones (excluding diaryl/α,β-unsaturated/α-hetero) is 1. The predicted molar refractivity (Wildman–Crippen MR) is 135 cm³/mol. The predicted octanol–water partition coefficient (Wildman–Crippen LogP) is 6.89. The van der Waals surface area contributed by atoms with E-state index in [1.165, 1.54) is 11.1 Å². The van der Waals surface area contributed by atoms with Crippen molar-refractivity contribution < 1.29 is 9.53 Å². The standard InChI is InChI=1S/C31H30O2/c1-33-29-19-17-27(18-20-29)30(26-15-9-4-10-16-26)23-31(32)28(21-24-11-5-2-6-12-24)22-25-13-7-3-8-14-25/h2-20,28,30H,21-23H2,1H3. The van der Waals surface area contributed by atoms with E-state index in [9.17, 15) is 4.79 Å². The molecule has 0 spiro atoms. The third-order valence-electron chi connectivity index (χ3n) is 6.23. The second kappa shape index (κ2) is 11.3. The van der Waals surface area contributed by atoms with Crippen LogP contribution >= 0.6 is 0 Å². The fourth-order valence-corrected chi connectivity index (χ4v) is 4.41. The number of ether oxygens (including phenoxy) is 1. The summed E-state index contributed by atoms with van der Waals surface area (Å²) in [5.41, 5.74) is 4.70.